The van der Waals surface area contributed by atoms with Crippen LogP contribution in [0.5, 0.6) is 5.75 Å². The molecule has 1 heterocycles. The molecular weight excluding hydrogens is 330 g/mol. The van der Waals surface area contributed by atoms with Gasteiger partial charge in [0, 0.05) is 27.3 Å². The third-order valence-corrected chi connectivity index (χ3v) is 3.73. The van der Waals surface area contributed by atoms with Crippen molar-refractivity contribution in [2.24, 2.45) is 14.1 Å². The number of hydrogen-bond donors (Lipinski definition) is 0. The lowest BCUT2D eigenvalue weighted by molar-refractivity contribution is 0.370. The minimum atomic E-state index is -0.364. The fourth-order valence-corrected chi connectivity index (χ4v) is 2.23. The van der Waals surface area contributed by atoms with Crippen molar-refractivity contribution >= 4 is 17.3 Å². The molecule has 0 amide bonds. The van der Waals surface area contributed by atoms with Crippen LogP contribution in [0, 0.1) is 11.8 Å². The summed E-state index contributed by atoms with van der Waals surface area (Å²) in [5.74, 6) is 6.38. The Hall–Kier alpha value is -2.65. The number of benzene rings is 1. The molecule has 0 N–H and O–H groups in total. The van der Waals surface area contributed by atoms with Crippen molar-refractivity contribution in [1.29, 1.82) is 0 Å². The van der Waals surface area contributed by atoms with Crippen LogP contribution in [0.1, 0.15) is 0 Å². The molecule has 1 aromatic carbocycles. The third kappa shape index (κ3) is 4.00. The van der Waals surface area contributed by atoms with Gasteiger partial charge < -0.3 is 14.2 Å². The minimum Gasteiger partial charge on any atom is -0.479 e. The van der Waals surface area contributed by atoms with Crippen molar-refractivity contribution in [3.05, 3.63) is 56.3 Å². The summed E-state index contributed by atoms with van der Waals surface area (Å²) in [6.45, 7) is 0.530. The van der Waals surface area contributed by atoms with E-state index in [0.717, 1.165) is 4.57 Å². The van der Waals surface area contributed by atoms with Gasteiger partial charge in [0.1, 0.15) is 18.0 Å². The summed E-state index contributed by atoms with van der Waals surface area (Å²) in [5, 5.41) is 0.533. The normalized spacial score (nSPS) is 10.0. The third-order valence-electron chi connectivity index (χ3n) is 3.42. The highest BCUT2D eigenvalue weighted by atomic mass is 35.5. The fourth-order valence-electron chi connectivity index (χ4n) is 2.04. The Morgan fingerprint density at radius 3 is 2.62 bits per heavy atom. The Kier molecular flexibility index (Phi) is 5.72. The summed E-state index contributed by atoms with van der Waals surface area (Å²) in [6, 6.07) is 7.17. The topological polar surface area (TPSA) is 56.5 Å². The summed E-state index contributed by atoms with van der Waals surface area (Å²) in [7, 11) is 4.79. The molecule has 0 spiro atoms. The van der Waals surface area contributed by atoms with Crippen LogP contribution in [0.3, 0.4) is 0 Å². The maximum atomic E-state index is 12.1. The summed E-state index contributed by atoms with van der Waals surface area (Å²) in [4.78, 5) is 25.5. The Morgan fingerprint density at radius 1 is 1.21 bits per heavy atom. The average molecular weight is 348 g/mol. The van der Waals surface area contributed by atoms with Gasteiger partial charge in [0.05, 0.1) is 11.6 Å². The first-order chi connectivity index (χ1) is 11.4. The van der Waals surface area contributed by atoms with E-state index in [2.05, 4.69) is 11.8 Å². The Balaban J connectivity index is 2.00. The smallest absolute Gasteiger partial charge is 0.330 e. The lowest BCUT2D eigenvalue weighted by Crippen LogP contribution is -2.40. The van der Waals surface area contributed by atoms with E-state index in [0.29, 0.717) is 23.0 Å². The van der Waals surface area contributed by atoms with Gasteiger partial charge in [0.15, 0.2) is 0 Å². The molecule has 0 bridgehead atoms. The Morgan fingerprint density at radius 2 is 1.92 bits per heavy atom. The molecule has 126 valence electrons. The summed E-state index contributed by atoms with van der Waals surface area (Å²) in [5.41, 5.74) is -0.313. The number of aryl methyl sites for hydroxylation is 1. The molecule has 6 nitrogen and oxygen atoms in total. The van der Waals surface area contributed by atoms with Gasteiger partial charge in [-0.15, -0.1) is 0 Å². The van der Waals surface area contributed by atoms with Crippen LogP contribution in [0.25, 0.3) is 0 Å². The van der Waals surface area contributed by atoms with E-state index in [1.165, 1.54) is 17.8 Å². The van der Waals surface area contributed by atoms with E-state index in [9.17, 15) is 9.59 Å². The molecule has 0 saturated carbocycles. The van der Waals surface area contributed by atoms with Gasteiger partial charge in [-0.3, -0.25) is 9.36 Å². The van der Waals surface area contributed by atoms with Crippen molar-refractivity contribution in [2.45, 2.75) is 0 Å². The van der Waals surface area contributed by atoms with Crippen LogP contribution in [-0.2, 0) is 14.1 Å². The van der Waals surface area contributed by atoms with Gasteiger partial charge in [-0.25, -0.2) is 4.79 Å². The number of anilines is 1. The zero-order valence-corrected chi connectivity index (χ0v) is 14.5. The van der Waals surface area contributed by atoms with Gasteiger partial charge in [0.2, 0.25) is 0 Å². The molecule has 24 heavy (non-hydrogen) atoms. The van der Waals surface area contributed by atoms with Gasteiger partial charge in [-0.1, -0.05) is 35.6 Å². The highest BCUT2D eigenvalue weighted by Crippen LogP contribution is 2.22. The maximum absolute atomic E-state index is 12.1. The molecule has 0 aliphatic carbocycles. The molecule has 0 atom stereocenters. The summed E-state index contributed by atoms with van der Waals surface area (Å²) < 4.78 is 7.90. The second kappa shape index (κ2) is 7.75. The lowest BCUT2D eigenvalue weighted by atomic mass is 10.3. The predicted molar refractivity (Wildman–Crippen MR) is 94.9 cm³/mol. The minimum absolute atomic E-state index is 0.197. The van der Waals surface area contributed by atoms with E-state index in [1.54, 1.807) is 31.1 Å². The first-order valence-electron chi connectivity index (χ1n) is 7.22. The van der Waals surface area contributed by atoms with Crippen molar-refractivity contribution in [3.8, 4) is 17.6 Å². The number of rotatable bonds is 4. The molecule has 1 aromatic heterocycles. The molecule has 0 radical (unpaired) electrons. The summed E-state index contributed by atoms with van der Waals surface area (Å²) >= 11 is 5.98. The molecule has 2 aromatic rings. The number of hydrogen-bond acceptors (Lipinski definition) is 4. The van der Waals surface area contributed by atoms with Crippen molar-refractivity contribution in [2.75, 3.05) is 25.1 Å². The van der Waals surface area contributed by atoms with Crippen LogP contribution in [0.2, 0.25) is 5.02 Å². The van der Waals surface area contributed by atoms with Crippen molar-refractivity contribution in [3.63, 3.8) is 0 Å². The van der Waals surface area contributed by atoms with E-state index >= 15 is 0 Å². The van der Waals surface area contributed by atoms with Crippen LogP contribution in [0.15, 0.2) is 40.1 Å². The van der Waals surface area contributed by atoms with Gasteiger partial charge in [-0.2, -0.15) is 0 Å². The lowest BCUT2D eigenvalue weighted by Gasteiger charge is -2.16. The SMILES string of the molecule is CN(CC#CCOc1ccccc1Cl)c1cn(C)c(=O)n(C)c1=O. The van der Waals surface area contributed by atoms with E-state index in [1.807, 2.05) is 12.1 Å². The van der Waals surface area contributed by atoms with Crippen LogP contribution in [0.4, 0.5) is 5.69 Å². The Bertz CT molecular complexity index is 906. The monoisotopic (exact) mass is 347 g/mol. The maximum Gasteiger partial charge on any atom is 0.330 e. The molecule has 7 heteroatoms. The van der Waals surface area contributed by atoms with E-state index < -0.39 is 0 Å². The number of ether oxygens (including phenoxy) is 1. The molecule has 0 fully saturated rings. The van der Waals surface area contributed by atoms with E-state index in [-0.39, 0.29) is 17.9 Å². The molecule has 0 aliphatic rings. The molecule has 2 rings (SSSR count). The van der Waals surface area contributed by atoms with Crippen LogP contribution in [-0.4, -0.2) is 29.3 Å². The first kappa shape index (κ1) is 17.7. The number of nitrogens with zero attached hydrogens (tertiary/aromatic N) is 3. The van der Waals surface area contributed by atoms with Crippen LogP contribution >= 0.6 is 11.6 Å². The standard InChI is InChI=1S/C17H18ClN3O3/c1-19(14-12-20(2)17(23)21(3)16(14)22)10-6-7-11-24-15-9-5-4-8-13(15)18/h4-5,8-9,12H,10-11H2,1-3H3. The van der Waals surface area contributed by atoms with Gasteiger partial charge >= 0.3 is 5.69 Å². The zero-order chi connectivity index (χ0) is 17.7. The van der Waals surface area contributed by atoms with Crippen molar-refractivity contribution in [1.82, 2.24) is 9.13 Å². The first-order valence-corrected chi connectivity index (χ1v) is 7.60. The quantitative estimate of drug-likeness (QED) is 0.781. The molecule has 0 aliphatic heterocycles. The van der Waals surface area contributed by atoms with Crippen molar-refractivity contribution < 1.29 is 4.74 Å². The van der Waals surface area contributed by atoms with E-state index in [4.69, 9.17) is 16.3 Å². The fraction of sp³-hybridized carbons (Fsp3) is 0.294. The predicted octanol–water partition coefficient (Wildman–Crippen LogP) is 1.26. The number of halogens is 1. The van der Waals surface area contributed by atoms with Gasteiger partial charge in [0.25, 0.3) is 5.56 Å². The van der Waals surface area contributed by atoms with Crippen LogP contribution < -0.4 is 20.9 Å². The number of aromatic nitrogens is 2. The molecule has 0 saturated heterocycles. The van der Waals surface area contributed by atoms with Gasteiger partial charge in [-0.05, 0) is 12.1 Å². The highest BCUT2D eigenvalue weighted by molar-refractivity contribution is 6.32. The summed E-state index contributed by atoms with van der Waals surface area (Å²) in [6.07, 6.45) is 1.51. The molecular formula is C17H18ClN3O3. The Labute approximate surface area is 144 Å². The largest absolute Gasteiger partial charge is 0.479 e. The second-order valence-corrected chi connectivity index (χ2v) is 5.61. The second-order valence-electron chi connectivity index (χ2n) is 5.20. The highest BCUT2D eigenvalue weighted by Gasteiger charge is 2.09. The average Bonchev–Trinajstić information content (AvgIpc) is 2.57. The zero-order valence-electron chi connectivity index (χ0n) is 13.7. The number of para-hydroxylation sites is 1. The molecule has 0 unspecified atom stereocenters.